The van der Waals surface area contributed by atoms with Gasteiger partial charge in [-0.1, -0.05) is 0 Å². The molecule has 2 rings (SSSR count). The fourth-order valence-electron chi connectivity index (χ4n) is 1.10. The fourth-order valence-corrected chi connectivity index (χ4v) is 1.10. The average Bonchev–Trinajstić information content (AvgIpc) is 2.25. The van der Waals surface area contributed by atoms with E-state index in [9.17, 15) is 0 Å². The number of anilines is 3. The molecule has 0 fully saturated rings. The van der Waals surface area contributed by atoms with Crippen LogP contribution in [0, 0.1) is 6.92 Å². The minimum absolute atomic E-state index is 0.405. The first-order valence-corrected chi connectivity index (χ1v) is 4.53. The van der Waals surface area contributed by atoms with Crippen LogP contribution in [0.4, 0.5) is 17.3 Å². The molecular weight excluding hydrogens is 190 g/mol. The first kappa shape index (κ1) is 9.39. The van der Waals surface area contributed by atoms with Crippen molar-refractivity contribution < 1.29 is 0 Å². The lowest BCUT2D eigenvalue weighted by molar-refractivity contribution is 1.05. The molecule has 0 amide bonds. The summed E-state index contributed by atoms with van der Waals surface area (Å²) in [6.07, 6.45) is 1.74. The molecule has 0 spiro atoms. The van der Waals surface area contributed by atoms with E-state index in [0.717, 1.165) is 11.4 Å². The first-order chi connectivity index (χ1) is 7.24. The van der Waals surface area contributed by atoms with Gasteiger partial charge in [0.2, 0.25) is 0 Å². The molecule has 3 N–H and O–H groups in total. The second-order valence-electron chi connectivity index (χ2n) is 3.16. The van der Waals surface area contributed by atoms with Crippen LogP contribution in [0.3, 0.4) is 0 Å². The molecule has 0 radical (unpaired) electrons. The number of nitrogens with zero attached hydrogens (tertiary/aromatic N) is 3. The molecular formula is C10H11N5. The third kappa shape index (κ3) is 2.40. The Labute approximate surface area is 87.4 Å². The second-order valence-corrected chi connectivity index (χ2v) is 3.16. The maximum atomic E-state index is 5.43. The Balaban J connectivity index is 2.15. The molecule has 5 heteroatoms. The van der Waals surface area contributed by atoms with E-state index in [0.29, 0.717) is 11.6 Å². The van der Waals surface area contributed by atoms with Crippen LogP contribution in [0.1, 0.15) is 5.69 Å². The molecule has 0 aliphatic carbocycles. The molecule has 0 aliphatic heterocycles. The highest BCUT2D eigenvalue weighted by molar-refractivity contribution is 5.54. The van der Waals surface area contributed by atoms with E-state index in [-0.39, 0.29) is 0 Å². The molecule has 2 aromatic rings. The van der Waals surface area contributed by atoms with Gasteiger partial charge in [-0.25, -0.2) is 0 Å². The SMILES string of the molecule is Cc1ccc(Nc2ccc(N)nn2)cn1. The van der Waals surface area contributed by atoms with E-state index in [1.807, 2.05) is 19.1 Å². The lowest BCUT2D eigenvalue weighted by Gasteiger charge is -2.04. The Morgan fingerprint density at radius 2 is 2.00 bits per heavy atom. The molecule has 76 valence electrons. The second kappa shape index (κ2) is 3.91. The zero-order chi connectivity index (χ0) is 10.7. The zero-order valence-electron chi connectivity index (χ0n) is 8.31. The summed E-state index contributed by atoms with van der Waals surface area (Å²) < 4.78 is 0. The van der Waals surface area contributed by atoms with E-state index in [2.05, 4.69) is 20.5 Å². The average molecular weight is 201 g/mol. The number of hydrogen-bond acceptors (Lipinski definition) is 5. The Morgan fingerprint density at radius 1 is 1.13 bits per heavy atom. The third-order valence-corrected chi connectivity index (χ3v) is 1.87. The number of nitrogens with one attached hydrogen (secondary N) is 1. The molecule has 0 atom stereocenters. The van der Waals surface area contributed by atoms with E-state index in [1.165, 1.54) is 0 Å². The van der Waals surface area contributed by atoms with Gasteiger partial charge < -0.3 is 11.1 Å². The van der Waals surface area contributed by atoms with Crippen LogP contribution in [0.2, 0.25) is 0 Å². The molecule has 0 aromatic carbocycles. The summed E-state index contributed by atoms with van der Waals surface area (Å²) in [6, 6.07) is 7.31. The van der Waals surface area contributed by atoms with Gasteiger partial charge in [0, 0.05) is 5.69 Å². The Bertz CT molecular complexity index is 391. The van der Waals surface area contributed by atoms with Crippen molar-refractivity contribution in [1.82, 2.24) is 15.2 Å². The molecule has 2 heterocycles. The number of nitrogen functional groups attached to an aromatic ring is 1. The molecule has 0 aliphatic rings. The Morgan fingerprint density at radius 3 is 2.60 bits per heavy atom. The van der Waals surface area contributed by atoms with Crippen molar-refractivity contribution >= 4 is 17.3 Å². The highest BCUT2D eigenvalue weighted by Gasteiger charge is 1.96. The van der Waals surface area contributed by atoms with Crippen LogP contribution in [0.5, 0.6) is 0 Å². The topological polar surface area (TPSA) is 76.7 Å². The summed E-state index contributed by atoms with van der Waals surface area (Å²) in [5, 5.41) is 10.7. The monoisotopic (exact) mass is 201 g/mol. The zero-order valence-corrected chi connectivity index (χ0v) is 8.31. The maximum Gasteiger partial charge on any atom is 0.153 e. The van der Waals surface area contributed by atoms with Gasteiger partial charge in [0.25, 0.3) is 0 Å². The molecule has 0 bridgehead atoms. The summed E-state index contributed by atoms with van der Waals surface area (Å²) in [6.45, 7) is 1.94. The number of rotatable bonds is 2. The highest BCUT2D eigenvalue weighted by Crippen LogP contribution is 2.12. The predicted molar refractivity (Wildman–Crippen MR) is 58.7 cm³/mol. The lowest BCUT2D eigenvalue weighted by atomic mass is 10.3. The maximum absolute atomic E-state index is 5.43. The highest BCUT2D eigenvalue weighted by atomic mass is 15.2. The van der Waals surface area contributed by atoms with Gasteiger partial charge in [0.15, 0.2) is 5.82 Å². The summed E-state index contributed by atoms with van der Waals surface area (Å²) in [5.74, 6) is 1.05. The van der Waals surface area contributed by atoms with Gasteiger partial charge in [-0.2, -0.15) is 0 Å². The molecule has 2 aromatic heterocycles. The van der Waals surface area contributed by atoms with E-state index < -0.39 is 0 Å². The predicted octanol–water partition coefficient (Wildman–Crippen LogP) is 1.51. The van der Waals surface area contributed by atoms with Crippen LogP contribution >= 0.6 is 0 Å². The lowest BCUT2D eigenvalue weighted by Crippen LogP contribution is -1.98. The van der Waals surface area contributed by atoms with Gasteiger partial charge in [0.05, 0.1) is 11.9 Å². The Hall–Kier alpha value is -2.17. The largest absolute Gasteiger partial charge is 0.382 e. The molecule has 0 unspecified atom stereocenters. The fraction of sp³-hybridized carbons (Fsp3) is 0.100. The minimum Gasteiger partial charge on any atom is -0.382 e. The van der Waals surface area contributed by atoms with Gasteiger partial charge in [-0.3, -0.25) is 4.98 Å². The van der Waals surface area contributed by atoms with Crippen molar-refractivity contribution in [1.29, 1.82) is 0 Å². The molecule has 0 saturated heterocycles. The number of aryl methyl sites for hydroxylation is 1. The normalized spacial score (nSPS) is 9.93. The first-order valence-electron chi connectivity index (χ1n) is 4.53. The summed E-state index contributed by atoms with van der Waals surface area (Å²) in [4.78, 5) is 4.16. The van der Waals surface area contributed by atoms with Crippen molar-refractivity contribution in [3.05, 3.63) is 36.2 Å². The van der Waals surface area contributed by atoms with E-state index in [4.69, 9.17) is 5.73 Å². The van der Waals surface area contributed by atoms with E-state index >= 15 is 0 Å². The smallest absolute Gasteiger partial charge is 0.153 e. The minimum atomic E-state index is 0.405. The number of pyridine rings is 1. The van der Waals surface area contributed by atoms with Crippen molar-refractivity contribution in [2.75, 3.05) is 11.1 Å². The van der Waals surface area contributed by atoms with Crippen molar-refractivity contribution in [2.24, 2.45) is 0 Å². The van der Waals surface area contributed by atoms with Gasteiger partial charge in [-0.15, -0.1) is 10.2 Å². The third-order valence-electron chi connectivity index (χ3n) is 1.87. The van der Waals surface area contributed by atoms with Crippen LogP contribution in [0.15, 0.2) is 30.5 Å². The summed E-state index contributed by atoms with van der Waals surface area (Å²) in [5.41, 5.74) is 7.28. The number of nitrogens with two attached hydrogens (primary N) is 1. The van der Waals surface area contributed by atoms with Crippen molar-refractivity contribution in [3.8, 4) is 0 Å². The molecule has 15 heavy (non-hydrogen) atoms. The summed E-state index contributed by atoms with van der Waals surface area (Å²) >= 11 is 0. The molecule has 5 nitrogen and oxygen atoms in total. The quantitative estimate of drug-likeness (QED) is 0.770. The van der Waals surface area contributed by atoms with Crippen LogP contribution in [-0.2, 0) is 0 Å². The van der Waals surface area contributed by atoms with Gasteiger partial charge >= 0.3 is 0 Å². The number of aromatic nitrogens is 3. The summed E-state index contributed by atoms with van der Waals surface area (Å²) in [7, 11) is 0. The number of hydrogen-bond donors (Lipinski definition) is 2. The van der Waals surface area contributed by atoms with Gasteiger partial charge in [0.1, 0.15) is 5.82 Å². The van der Waals surface area contributed by atoms with Crippen LogP contribution in [-0.4, -0.2) is 15.2 Å². The standard InChI is InChI=1S/C10H11N5/c1-7-2-3-8(6-12-7)13-10-5-4-9(11)14-15-10/h2-6H,1H3,(H2,11,14)(H,13,15). The van der Waals surface area contributed by atoms with Crippen molar-refractivity contribution in [2.45, 2.75) is 6.92 Å². The van der Waals surface area contributed by atoms with Crippen LogP contribution in [0.25, 0.3) is 0 Å². The van der Waals surface area contributed by atoms with Crippen molar-refractivity contribution in [3.63, 3.8) is 0 Å². The molecule has 0 saturated carbocycles. The Kier molecular flexibility index (Phi) is 2.45. The van der Waals surface area contributed by atoms with Gasteiger partial charge in [-0.05, 0) is 31.2 Å². The van der Waals surface area contributed by atoms with Crippen LogP contribution < -0.4 is 11.1 Å². The van der Waals surface area contributed by atoms with E-state index in [1.54, 1.807) is 18.3 Å².